The molecule has 1 atom stereocenters. The summed E-state index contributed by atoms with van der Waals surface area (Å²) in [6.45, 7) is 4.60. The fraction of sp³-hybridized carbons (Fsp3) is 0.467. The minimum atomic E-state index is 0.313. The topological polar surface area (TPSA) is 38.5 Å². The molecule has 1 aliphatic rings. The average Bonchev–Trinajstić information content (AvgIpc) is 2.81. The van der Waals surface area contributed by atoms with Gasteiger partial charge in [0.05, 0.1) is 12.7 Å². The van der Waals surface area contributed by atoms with Crippen LogP contribution in [0.2, 0.25) is 0 Å². The summed E-state index contributed by atoms with van der Waals surface area (Å²) < 4.78 is 7.11. The van der Waals surface area contributed by atoms with Crippen LogP contribution in [0.1, 0.15) is 11.3 Å². The molecule has 1 fully saturated rings. The Kier molecular flexibility index (Phi) is 4.13. The van der Waals surface area contributed by atoms with Crippen LogP contribution in [0.25, 0.3) is 10.1 Å². The van der Waals surface area contributed by atoms with Gasteiger partial charge in [-0.25, -0.2) is 0 Å². The lowest BCUT2D eigenvalue weighted by molar-refractivity contribution is -0.0332. The number of hydrogen-bond donors (Lipinski definition) is 1. The molecular formula is C15H20N2OS. The predicted octanol–water partition coefficient (Wildman–Crippen LogP) is 2.45. The second-order valence-electron chi connectivity index (χ2n) is 5.06. The number of nitrogens with zero attached hydrogens (tertiary/aromatic N) is 1. The highest BCUT2D eigenvalue weighted by Crippen LogP contribution is 2.26. The first-order valence-corrected chi connectivity index (χ1v) is 7.68. The van der Waals surface area contributed by atoms with Gasteiger partial charge in [-0.3, -0.25) is 4.90 Å². The molecule has 0 unspecified atom stereocenters. The second-order valence-corrected chi connectivity index (χ2v) is 6.22. The van der Waals surface area contributed by atoms with Gasteiger partial charge >= 0.3 is 0 Å². The molecular weight excluding hydrogens is 256 g/mol. The van der Waals surface area contributed by atoms with Crippen molar-refractivity contribution >= 4 is 21.4 Å². The lowest BCUT2D eigenvalue weighted by Gasteiger charge is -2.32. The Labute approximate surface area is 118 Å². The van der Waals surface area contributed by atoms with E-state index in [2.05, 4.69) is 35.2 Å². The van der Waals surface area contributed by atoms with Gasteiger partial charge in [-0.1, -0.05) is 18.2 Å². The van der Waals surface area contributed by atoms with Gasteiger partial charge < -0.3 is 10.5 Å². The molecule has 3 nitrogen and oxygen atoms in total. The number of fused-ring (bicyclic) bond motifs is 1. The van der Waals surface area contributed by atoms with Gasteiger partial charge in [0.15, 0.2) is 0 Å². The van der Waals surface area contributed by atoms with Crippen molar-refractivity contribution in [3.05, 3.63) is 35.2 Å². The smallest absolute Gasteiger partial charge is 0.0714 e. The van der Waals surface area contributed by atoms with Gasteiger partial charge in [0.2, 0.25) is 0 Å². The maximum absolute atomic E-state index is 5.73. The van der Waals surface area contributed by atoms with Crippen LogP contribution < -0.4 is 5.73 Å². The molecule has 102 valence electrons. The summed E-state index contributed by atoms with van der Waals surface area (Å²) >= 11 is 1.90. The van der Waals surface area contributed by atoms with Crippen molar-refractivity contribution in [1.82, 2.24) is 4.90 Å². The van der Waals surface area contributed by atoms with Crippen LogP contribution in [0.4, 0.5) is 0 Å². The van der Waals surface area contributed by atoms with Gasteiger partial charge in [0, 0.05) is 29.2 Å². The Morgan fingerprint density at radius 2 is 2.26 bits per heavy atom. The molecule has 0 amide bonds. The van der Waals surface area contributed by atoms with Gasteiger partial charge in [0.1, 0.15) is 0 Å². The van der Waals surface area contributed by atoms with E-state index in [4.69, 9.17) is 10.5 Å². The third-order valence-corrected chi connectivity index (χ3v) is 4.67. The SMILES string of the molecule is NCC[C@H]1CN(Cc2cc3ccccc3s2)CCO1. The third kappa shape index (κ3) is 3.15. The Hall–Kier alpha value is -0.940. The van der Waals surface area contributed by atoms with Crippen molar-refractivity contribution in [3.8, 4) is 0 Å². The summed E-state index contributed by atoms with van der Waals surface area (Å²) in [7, 11) is 0. The normalized spacial score (nSPS) is 21.0. The maximum atomic E-state index is 5.73. The largest absolute Gasteiger partial charge is 0.376 e. The van der Waals surface area contributed by atoms with E-state index in [1.54, 1.807) is 0 Å². The van der Waals surface area contributed by atoms with E-state index in [0.29, 0.717) is 12.6 Å². The van der Waals surface area contributed by atoms with E-state index in [1.807, 2.05) is 11.3 Å². The Morgan fingerprint density at radius 1 is 1.37 bits per heavy atom. The molecule has 0 radical (unpaired) electrons. The molecule has 1 aromatic heterocycles. The lowest BCUT2D eigenvalue weighted by Crippen LogP contribution is -2.42. The molecule has 2 heterocycles. The summed E-state index contributed by atoms with van der Waals surface area (Å²) in [6, 6.07) is 10.9. The second kappa shape index (κ2) is 6.01. The van der Waals surface area contributed by atoms with Crippen LogP contribution in [0.5, 0.6) is 0 Å². The molecule has 1 aliphatic heterocycles. The third-order valence-electron chi connectivity index (χ3n) is 3.57. The van der Waals surface area contributed by atoms with Crippen molar-refractivity contribution in [2.24, 2.45) is 5.73 Å². The first-order chi connectivity index (χ1) is 9.35. The van der Waals surface area contributed by atoms with Crippen LogP contribution in [-0.4, -0.2) is 37.2 Å². The molecule has 0 bridgehead atoms. The van der Waals surface area contributed by atoms with Crippen LogP contribution in [0.15, 0.2) is 30.3 Å². The maximum Gasteiger partial charge on any atom is 0.0714 e. The summed E-state index contributed by atoms with van der Waals surface area (Å²) in [5, 5.41) is 1.36. The Bertz CT molecular complexity index is 505. The number of morpholine rings is 1. The monoisotopic (exact) mass is 276 g/mol. The zero-order valence-electron chi connectivity index (χ0n) is 11.0. The molecule has 19 heavy (non-hydrogen) atoms. The summed E-state index contributed by atoms with van der Waals surface area (Å²) in [5.74, 6) is 0. The molecule has 2 aromatic rings. The van der Waals surface area contributed by atoms with Gasteiger partial charge in [-0.15, -0.1) is 11.3 Å². The minimum Gasteiger partial charge on any atom is -0.376 e. The van der Waals surface area contributed by atoms with Gasteiger partial charge in [0.25, 0.3) is 0 Å². The summed E-state index contributed by atoms with van der Waals surface area (Å²) in [6.07, 6.45) is 1.27. The number of hydrogen-bond acceptors (Lipinski definition) is 4. The highest BCUT2D eigenvalue weighted by atomic mass is 32.1. The fourth-order valence-corrected chi connectivity index (χ4v) is 3.73. The Balaban J connectivity index is 1.67. The van der Waals surface area contributed by atoms with Crippen molar-refractivity contribution in [2.45, 2.75) is 19.1 Å². The average molecular weight is 276 g/mol. The zero-order valence-corrected chi connectivity index (χ0v) is 11.9. The fourth-order valence-electron chi connectivity index (χ4n) is 2.62. The molecule has 0 spiro atoms. The molecule has 0 aliphatic carbocycles. The molecule has 1 aromatic carbocycles. The molecule has 0 saturated carbocycles. The molecule has 1 saturated heterocycles. The highest BCUT2D eigenvalue weighted by molar-refractivity contribution is 7.19. The quantitative estimate of drug-likeness (QED) is 0.932. The lowest BCUT2D eigenvalue weighted by atomic mass is 10.2. The number of benzene rings is 1. The van der Waals surface area contributed by atoms with Gasteiger partial charge in [-0.2, -0.15) is 0 Å². The zero-order chi connectivity index (χ0) is 13.1. The van der Waals surface area contributed by atoms with E-state index in [-0.39, 0.29) is 0 Å². The van der Waals surface area contributed by atoms with E-state index in [1.165, 1.54) is 15.0 Å². The standard InChI is InChI=1S/C15H20N2OS/c16-6-5-13-10-17(7-8-18-13)11-14-9-12-3-1-2-4-15(12)19-14/h1-4,9,13H,5-8,10-11,16H2/t13-/m0/s1. The van der Waals surface area contributed by atoms with E-state index >= 15 is 0 Å². The van der Waals surface area contributed by atoms with Crippen molar-refractivity contribution in [3.63, 3.8) is 0 Å². The van der Waals surface area contributed by atoms with Crippen LogP contribution in [0.3, 0.4) is 0 Å². The number of rotatable bonds is 4. The van der Waals surface area contributed by atoms with E-state index < -0.39 is 0 Å². The highest BCUT2D eigenvalue weighted by Gasteiger charge is 2.20. The first kappa shape index (κ1) is 13.1. The van der Waals surface area contributed by atoms with E-state index in [0.717, 1.165) is 32.7 Å². The number of ether oxygens (including phenoxy) is 1. The van der Waals surface area contributed by atoms with Crippen LogP contribution in [0, 0.1) is 0 Å². The van der Waals surface area contributed by atoms with Crippen molar-refractivity contribution < 1.29 is 4.74 Å². The first-order valence-electron chi connectivity index (χ1n) is 6.86. The van der Waals surface area contributed by atoms with E-state index in [9.17, 15) is 0 Å². The van der Waals surface area contributed by atoms with Crippen LogP contribution >= 0.6 is 11.3 Å². The molecule has 4 heteroatoms. The number of thiophene rings is 1. The van der Waals surface area contributed by atoms with Gasteiger partial charge in [-0.05, 0) is 30.5 Å². The van der Waals surface area contributed by atoms with Crippen molar-refractivity contribution in [2.75, 3.05) is 26.2 Å². The van der Waals surface area contributed by atoms with Crippen LogP contribution in [-0.2, 0) is 11.3 Å². The molecule has 3 rings (SSSR count). The Morgan fingerprint density at radius 3 is 3.11 bits per heavy atom. The van der Waals surface area contributed by atoms with Crippen molar-refractivity contribution in [1.29, 1.82) is 0 Å². The summed E-state index contributed by atoms with van der Waals surface area (Å²) in [4.78, 5) is 3.92. The number of nitrogens with two attached hydrogens (primary N) is 1. The minimum absolute atomic E-state index is 0.313. The molecule has 2 N–H and O–H groups in total. The summed E-state index contributed by atoms with van der Waals surface area (Å²) in [5.41, 5.74) is 5.61. The predicted molar refractivity (Wildman–Crippen MR) is 80.5 cm³/mol.